The predicted molar refractivity (Wildman–Crippen MR) is 61.4 cm³/mol. The fourth-order valence-corrected chi connectivity index (χ4v) is 2.40. The molecule has 0 aliphatic heterocycles. The molecule has 0 atom stereocenters. The van der Waals surface area contributed by atoms with Crippen LogP contribution in [0.1, 0.15) is 19.8 Å². The van der Waals surface area contributed by atoms with Crippen molar-refractivity contribution in [3.63, 3.8) is 0 Å². The van der Waals surface area contributed by atoms with Gasteiger partial charge in [-0.05, 0) is 6.42 Å². The van der Waals surface area contributed by atoms with Crippen molar-refractivity contribution in [2.45, 2.75) is 19.8 Å². The fraction of sp³-hybridized carbons (Fsp3) is 0.625. The minimum atomic E-state index is -3.75. The van der Waals surface area contributed by atoms with Crippen molar-refractivity contribution in [2.75, 3.05) is 14.2 Å². The second-order valence-corrected chi connectivity index (χ2v) is 5.73. The van der Waals surface area contributed by atoms with Gasteiger partial charge in [-0.2, -0.15) is 0 Å². The van der Waals surface area contributed by atoms with Crippen LogP contribution < -0.4 is 0 Å². The van der Waals surface area contributed by atoms with E-state index in [-0.39, 0.29) is 6.42 Å². The molecule has 0 aromatic heterocycles. The highest BCUT2D eigenvalue weighted by Gasteiger charge is 2.34. The minimum Gasteiger partial charge on any atom is -0.415 e. The lowest BCUT2D eigenvalue weighted by Crippen LogP contribution is -2.06. The first-order valence-electron chi connectivity index (χ1n) is 4.39. The Kier molecular flexibility index (Phi) is 7.27. The van der Waals surface area contributed by atoms with Crippen LogP contribution in [-0.2, 0) is 23.1 Å². The molecule has 0 aliphatic carbocycles. The van der Waals surface area contributed by atoms with E-state index < -0.39 is 23.6 Å². The highest BCUT2D eigenvalue weighted by Crippen LogP contribution is 2.57. The van der Waals surface area contributed by atoms with E-state index in [1.807, 2.05) is 0 Å². The van der Waals surface area contributed by atoms with Gasteiger partial charge >= 0.3 is 13.6 Å². The Balaban J connectivity index is 4.99. The first kappa shape index (κ1) is 15.9. The number of ether oxygens (including phenoxy) is 1. The van der Waals surface area contributed by atoms with Crippen LogP contribution in [0.25, 0.3) is 0 Å². The van der Waals surface area contributed by atoms with Gasteiger partial charge in [0.05, 0.1) is 0 Å². The van der Waals surface area contributed by atoms with E-state index in [1.54, 1.807) is 6.92 Å². The molecule has 0 N–H and O–H groups in total. The Morgan fingerprint density at radius 3 is 2.06 bits per heavy atom. The maximum Gasteiger partial charge on any atom is 0.398 e. The Morgan fingerprint density at radius 1 is 1.25 bits per heavy atom. The zero-order valence-corrected chi connectivity index (χ0v) is 11.6. The van der Waals surface area contributed by atoms with Gasteiger partial charge in [-0.3, -0.25) is 9.36 Å². The maximum atomic E-state index is 11.9. The van der Waals surface area contributed by atoms with Crippen molar-refractivity contribution in [1.29, 1.82) is 0 Å². The number of rotatable bonds is 6. The van der Waals surface area contributed by atoms with Gasteiger partial charge in [-0.25, -0.2) is 0 Å². The Bertz CT molecular complexity index is 316. The van der Waals surface area contributed by atoms with Crippen molar-refractivity contribution < 1.29 is 23.1 Å². The zero-order chi connectivity index (χ0) is 12.8. The summed E-state index contributed by atoms with van der Waals surface area (Å²) in [7, 11) is -1.49. The van der Waals surface area contributed by atoms with Crippen LogP contribution in [-0.4, -0.2) is 20.2 Å². The number of carbonyl (C=O) groups is 1. The first-order valence-corrected chi connectivity index (χ1v) is 6.69. The van der Waals surface area contributed by atoms with Gasteiger partial charge < -0.3 is 13.8 Å². The third-order valence-corrected chi connectivity index (χ3v) is 3.94. The van der Waals surface area contributed by atoms with Gasteiger partial charge in [0.2, 0.25) is 5.50 Å². The molecule has 0 unspecified atom stereocenters. The highest BCUT2D eigenvalue weighted by molar-refractivity contribution is 7.58. The van der Waals surface area contributed by atoms with Crippen LogP contribution in [0.15, 0.2) is 9.99 Å². The lowest BCUT2D eigenvalue weighted by molar-refractivity contribution is -0.138. The van der Waals surface area contributed by atoms with Crippen LogP contribution in [0.4, 0.5) is 0 Å². The largest absolute Gasteiger partial charge is 0.415 e. The molecule has 8 heteroatoms. The standard InChI is InChI=1S/C8H13Cl2O5P/c1-4-5-6(11)15-8(7(9)10)16(12,13-2)14-3/h4-5H2,1-3H3. The van der Waals surface area contributed by atoms with Crippen molar-refractivity contribution in [3.05, 3.63) is 9.99 Å². The lowest BCUT2D eigenvalue weighted by atomic mass is 10.3. The Morgan fingerprint density at radius 2 is 1.75 bits per heavy atom. The van der Waals surface area contributed by atoms with E-state index in [2.05, 4.69) is 9.05 Å². The van der Waals surface area contributed by atoms with Gasteiger partial charge in [-0.15, -0.1) is 0 Å². The summed E-state index contributed by atoms with van der Waals surface area (Å²) in [5.74, 6) is -0.606. The molecule has 0 fully saturated rings. The van der Waals surface area contributed by atoms with E-state index >= 15 is 0 Å². The van der Waals surface area contributed by atoms with Crippen LogP contribution >= 0.6 is 30.8 Å². The van der Waals surface area contributed by atoms with Crippen LogP contribution in [0.5, 0.6) is 0 Å². The summed E-state index contributed by atoms with van der Waals surface area (Å²) >= 11 is 10.9. The van der Waals surface area contributed by atoms with Gasteiger partial charge in [0, 0.05) is 20.6 Å². The van der Waals surface area contributed by atoms with Crippen molar-refractivity contribution in [3.8, 4) is 0 Å². The molecular weight excluding hydrogens is 278 g/mol. The average Bonchev–Trinajstić information content (AvgIpc) is 2.25. The Hall–Kier alpha value is -0.0600. The van der Waals surface area contributed by atoms with Crippen molar-refractivity contribution in [2.24, 2.45) is 0 Å². The average molecular weight is 291 g/mol. The van der Waals surface area contributed by atoms with Gasteiger partial charge in [0.15, 0.2) is 4.49 Å². The molecule has 0 aliphatic rings. The molecule has 0 rings (SSSR count). The normalized spacial score (nSPS) is 11.1. The number of hydrogen-bond donors (Lipinski definition) is 0. The molecule has 5 nitrogen and oxygen atoms in total. The minimum absolute atomic E-state index is 0.151. The van der Waals surface area contributed by atoms with Gasteiger partial charge in [-0.1, -0.05) is 30.1 Å². The number of esters is 1. The van der Waals surface area contributed by atoms with E-state index in [4.69, 9.17) is 27.9 Å². The summed E-state index contributed by atoms with van der Waals surface area (Å²) in [6, 6.07) is 0. The molecule has 0 aromatic rings. The number of hydrogen-bond acceptors (Lipinski definition) is 5. The van der Waals surface area contributed by atoms with Crippen molar-refractivity contribution in [1.82, 2.24) is 0 Å². The topological polar surface area (TPSA) is 61.8 Å². The Labute approximate surface area is 104 Å². The molecule has 0 bridgehead atoms. The zero-order valence-electron chi connectivity index (χ0n) is 9.16. The summed E-state index contributed by atoms with van der Waals surface area (Å²) in [5, 5.41) is 0. The molecule has 0 heterocycles. The molecule has 0 radical (unpaired) electrons. The smallest absolute Gasteiger partial charge is 0.398 e. The molecule has 0 aromatic carbocycles. The first-order chi connectivity index (χ1) is 7.41. The van der Waals surface area contributed by atoms with Gasteiger partial charge in [0.1, 0.15) is 0 Å². The fourth-order valence-electron chi connectivity index (χ4n) is 0.801. The predicted octanol–water partition coefficient (Wildman–Crippen LogP) is 3.42. The third-order valence-electron chi connectivity index (χ3n) is 1.56. The maximum absolute atomic E-state index is 11.9. The molecular formula is C8H13Cl2O5P. The van der Waals surface area contributed by atoms with Crippen LogP contribution in [0.2, 0.25) is 0 Å². The molecule has 0 amide bonds. The van der Waals surface area contributed by atoms with Crippen LogP contribution in [0.3, 0.4) is 0 Å². The summed E-state index contributed by atoms with van der Waals surface area (Å²) < 4.78 is 25.4. The summed E-state index contributed by atoms with van der Waals surface area (Å²) in [5.41, 5.74) is -0.487. The lowest BCUT2D eigenvalue weighted by Gasteiger charge is -2.16. The summed E-state index contributed by atoms with van der Waals surface area (Å²) in [6.07, 6.45) is 0.730. The quantitative estimate of drug-likeness (QED) is 0.426. The monoisotopic (exact) mass is 290 g/mol. The van der Waals surface area contributed by atoms with Crippen molar-refractivity contribution >= 4 is 36.8 Å². The van der Waals surface area contributed by atoms with E-state index in [9.17, 15) is 9.36 Å². The second kappa shape index (κ2) is 7.30. The second-order valence-electron chi connectivity index (χ2n) is 2.65. The van der Waals surface area contributed by atoms with E-state index in [0.29, 0.717) is 6.42 Å². The molecule has 0 spiro atoms. The number of carbonyl (C=O) groups excluding carboxylic acids is 1. The summed E-state index contributed by atoms with van der Waals surface area (Å²) in [4.78, 5) is 11.2. The highest BCUT2D eigenvalue weighted by atomic mass is 35.5. The van der Waals surface area contributed by atoms with Gasteiger partial charge in [0.25, 0.3) is 0 Å². The van der Waals surface area contributed by atoms with E-state index in [0.717, 1.165) is 14.2 Å². The van der Waals surface area contributed by atoms with E-state index in [1.165, 1.54) is 0 Å². The molecule has 16 heavy (non-hydrogen) atoms. The third kappa shape index (κ3) is 4.44. The molecule has 0 saturated carbocycles. The molecule has 0 saturated heterocycles. The van der Waals surface area contributed by atoms with Crippen LogP contribution in [0, 0.1) is 0 Å². The summed E-state index contributed by atoms with van der Waals surface area (Å²) in [6.45, 7) is 1.79. The molecule has 94 valence electrons. The number of halogens is 2. The SMILES string of the molecule is CCCC(=O)OC(=C(Cl)Cl)P(=O)(OC)OC.